The van der Waals surface area contributed by atoms with E-state index >= 15 is 0 Å². The van der Waals surface area contributed by atoms with Crippen LogP contribution in [0, 0.1) is 0 Å². The van der Waals surface area contributed by atoms with Crippen LogP contribution >= 0.6 is 11.6 Å². The summed E-state index contributed by atoms with van der Waals surface area (Å²) in [6.07, 6.45) is 2.71. The molecular weight excluding hydrogens is 424 g/mol. The summed E-state index contributed by atoms with van der Waals surface area (Å²) in [6, 6.07) is 22.4. The monoisotopic (exact) mass is 446 g/mol. The molecule has 0 aliphatic rings. The number of methoxy groups -OCH3 is 1. The number of aromatic nitrogens is 1. The third kappa shape index (κ3) is 5.10. The van der Waals surface area contributed by atoms with E-state index in [1.54, 1.807) is 31.4 Å². The van der Waals surface area contributed by atoms with Crippen LogP contribution in [0.4, 0.5) is 5.69 Å². The van der Waals surface area contributed by atoms with Gasteiger partial charge in [-0.25, -0.2) is 0 Å². The predicted octanol–water partition coefficient (Wildman–Crippen LogP) is 5.27. The third-order valence-corrected chi connectivity index (χ3v) is 5.24. The van der Waals surface area contributed by atoms with Gasteiger partial charge in [-0.1, -0.05) is 48.0 Å². The normalized spacial score (nSPS) is 11.4. The van der Waals surface area contributed by atoms with Crippen LogP contribution in [0.1, 0.15) is 15.9 Å². The lowest BCUT2D eigenvalue weighted by Crippen LogP contribution is -2.36. The van der Waals surface area contributed by atoms with Crippen LogP contribution in [0.5, 0.6) is 5.75 Å². The van der Waals surface area contributed by atoms with Crippen molar-refractivity contribution in [1.29, 1.82) is 0 Å². The Bertz CT molecular complexity index is 1270. The second kappa shape index (κ2) is 10.0. The fraction of sp³-hybridized carbons (Fsp3) is 0.120. The molecule has 0 aliphatic carbocycles. The number of nitrogens with one attached hydrogen (secondary N) is 3. The Kier molecular flexibility index (Phi) is 6.72. The van der Waals surface area contributed by atoms with Crippen LogP contribution in [0.25, 0.3) is 10.9 Å². The van der Waals surface area contributed by atoms with Crippen LogP contribution < -0.4 is 15.4 Å². The summed E-state index contributed by atoms with van der Waals surface area (Å²) >= 11 is 6.04. The first kappa shape index (κ1) is 21.5. The summed E-state index contributed by atoms with van der Waals surface area (Å²) in [5.74, 6) is 0.675. The largest absolute Gasteiger partial charge is 0.495 e. The number of halogens is 1. The van der Waals surface area contributed by atoms with Gasteiger partial charge < -0.3 is 15.0 Å². The minimum atomic E-state index is -0.305. The zero-order chi connectivity index (χ0) is 22.3. The molecule has 0 spiro atoms. The van der Waals surface area contributed by atoms with E-state index in [-0.39, 0.29) is 5.91 Å². The fourth-order valence-electron chi connectivity index (χ4n) is 3.42. The summed E-state index contributed by atoms with van der Waals surface area (Å²) in [4.78, 5) is 20.7. The Balaban J connectivity index is 1.55. The average molecular weight is 447 g/mol. The van der Waals surface area contributed by atoms with Gasteiger partial charge in [-0.2, -0.15) is 0 Å². The first-order valence-electron chi connectivity index (χ1n) is 10.2. The molecule has 0 bridgehead atoms. The number of carbonyl (C=O) groups is 1. The molecule has 1 amide bonds. The first-order chi connectivity index (χ1) is 15.6. The van der Waals surface area contributed by atoms with Crippen molar-refractivity contribution in [2.45, 2.75) is 6.42 Å². The van der Waals surface area contributed by atoms with Gasteiger partial charge in [-0.3, -0.25) is 15.1 Å². The average Bonchev–Trinajstić information content (AvgIpc) is 3.22. The van der Waals surface area contributed by atoms with Gasteiger partial charge in [0.1, 0.15) is 5.75 Å². The minimum absolute atomic E-state index is 0.305. The van der Waals surface area contributed by atoms with Gasteiger partial charge in [-0.15, -0.1) is 0 Å². The molecule has 0 saturated heterocycles. The van der Waals surface area contributed by atoms with Crippen LogP contribution in [0.15, 0.2) is 84.0 Å². The number of nitrogens with zero attached hydrogens (tertiary/aromatic N) is 1. The number of hydrogen-bond donors (Lipinski definition) is 3. The lowest BCUT2D eigenvalue weighted by atomic mass is 10.1. The molecule has 0 atom stereocenters. The molecule has 3 aromatic carbocycles. The molecule has 6 nitrogen and oxygen atoms in total. The number of carbonyl (C=O) groups excluding carboxylic acids is 1. The summed E-state index contributed by atoms with van der Waals surface area (Å²) < 4.78 is 5.41. The highest BCUT2D eigenvalue weighted by Crippen LogP contribution is 2.23. The van der Waals surface area contributed by atoms with Crippen molar-refractivity contribution >= 4 is 40.1 Å². The smallest absolute Gasteiger partial charge is 0.258 e. The topological polar surface area (TPSA) is 78.5 Å². The molecule has 32 heavy (non-hydrogen) atoms. The molecule has 0 radical (unpaired) electrons. The highest BCUT2D eigenvalue weighted by atomic mass is 35.5. The molecule has 162 valence electrons. The van der Waals surface area contributed by atoms with Gasteiger partial charge in [0.25, 0.3) is 5.91 Å². The second-order valence-electron chi connectivity index (χ2n) is 7.13. The number of hydrogen-bond acceptors (Lipinski definition) is 3. The SMILES string of the molecule is COc1ccccc1NC(=NCCc1c[nH]c2ccccc12)NC(=O)c1cccc(Cl)c1. The maximum atomic E-state index is 12.8. The van der Waals surface area contributed by atoms with Gasteiger partial charge in [0.2, 0.25) is 5.96 Å². The second-order valence-corrected chi connectivity index (χ2v) is 7.57. The Morgan fingerprint density at radius 3 is 2.72 bits per heavy atom. The number of benzene rings is 3. The number of guanidine groups is 1. The molecule has 1 heterocycles. The van der Waals surface area contributed by atoms with E-state index in [0.29, 0.717) is 40.9 Å². The molecule has 1 aromatic heterocycles. The van der Waals surface area contributed by atoms with E-state index in [4.69, 9.17) is 16.3 Å². The number of anilines is 1. The van der Waals surface area contributed by atoms with E-state index in [2.05, 4.69) is 26.7 Å². The molecule has 7 heteroatoms. The first-order valence-corrected chi connectivity index (χ1v) is 10.6. The van der Waals surface area contributed by atoms with E-state index in [0.717, 1.165) is 5.52 Å². The number of aliphatic imine (C=N–C) groups is 1. The molecule has 3 N–H and O–H groups in total. The number of aromatic amines is 1. The van der Waals surface area contributed by atoms with Crippen LogP contribution in [0.3, 0.4) is 0 Å². The van der Waals surface area contributed by atoms with Crippen LogP contribution in [-0.4, -0.2) is 30.5 Å². The molecular formula is C25H23ClN4O2. The maximum absolute atomic E-state index is 12.8. The Morgan fingerprint density at radius 2 is 1.88 bits per heavy atom. The number of H-pyrrole nitrogens is 1. The maximum Gasteiger partial charge on any atom is 0.258 e. The number of fused-ring (bicyclic) bond motifs is 1. The third-order valence-electron chi connectivity index (χ3n) is 5.00. The zero-order valence-corrected chi connectivity index (χ0v) is 18.3. The van der Waals surface area contributed by atoms with Gasteiger partial charge >= 0.3 is 0 Å². The zero-order valence-electron chi connectivity index (χ0n) is 17.6. The van der Waals surface area contributed by atoms with Crippen molar-refractivity contribution in [3.8, 4) is 5.75 Å². The highest BCUT2D eigenvalue weighted by Gasteiger charge is 2.12. The predicted molar refractivity (Wildman–Crippen MR) is 130 cm³/mol. The van der Waals surface area contributed by atoms with Gasteiger partial charge in [-0.05, 0) is 48.4 Å². The minimum Gasteiger partial charge on any atom is -0.495 e. The molecule has 4 aromatic rings. The summed E-state index contributed by atoms with van der Waals surface area (Å²) in [5, 5.41) is 7.70. The van der Waals surface area contributed by atoms with Crippen LogP contribution in [0.2, 0.25) is 5.02 Å². The molecule has 0 aliphatic heterocycles. The lowest BCUT2D eigenvalue weighted by molar-refractivity contribution is 0.0977. The summed E-state index contributed by atoms with van der Waals surface area (Å²) in [7, 11) is 1.60. The van der Waals surface area contributed by atoms with Crippen LogP contribution in [-0.2, 0) is 6.42 Å². The number of ether oxygens (including phenoxy) is 1. The standard InChI is InChI=1S/C25H23ClN4O2/c1-32-23-12-5-4-11-22(23)29-25(30-24(31)17-7-6-8-19(26)15-17)27-14-13-18-16-28-21-10-3-2-9-20(18)21/h2-12,15-16,28H,13-14H2,1H3,(H2,27,29,30,31). The highest BCUT2D eigenvalue weighted by molar-refractivity contribution is 6.31. The molecule has 0 fully saturated rings. The number of para-hydroxylation sites is 3. The summed E-state index contributed by atoms with van der Waals surface area (Å²) in [6.45, 7) is 0.481. The van der Waals surface area contributed by atoms with E-state index < -0.39 is 0 Å². The van der Waals surface area contributed by atoms with Gasteiger partial charge in [0, 0.05) is 34.2 Å². The number of rotatable bonds is 6. The van der Waals surface area contributed by atoms with Crippen molar-refractivity contribution in [2.24, 2.45) is 4.99 Å². The van der Waals surface area contributed by atoms with Gasteiger partial charge in [0.15, 0.2) is 0 Å². The Morgan fingerprint density at radius 1 is 1.06 bits per heavy atom. The van der Waals surface area contributed by atoms with Crippen molar-refractivity contribution in [3.05, 3.63) is 95.1 Å². The summed E-state index contributed by atoms with van der Waals surface area (Å²) in [5.41, 5.74) is 3.41. The molecule has 0 saturated carbocycles. The van der Waals surface area contributed by atoms with Gasteiger partial charge in [0.05, 0.1) is 12.8 Å². The number of amides is 1. The van der Waals surface area contributed by atoms with E-state index in [1.165, 1.54) is 10.9 Å². The van der Waals surface area contributed by atoms with Crippen molar-refractivity contribution in [1.82, 2.24) is 10.3 Å². The van der Waals surface area contributed by atoms with Crippen molar-refractivity contribution in [2.75, 3.05) is 19.0 Å². The van der Waals surface area contributed by atoms with E-state index in [1.807, 2.05) is 48.7 Å². The molecule has 0 unspecified atom stereocenters. The quantitative estimate of drug-likeness (QED) is 0.279. The van der Waals surface area contributed by atoms with Crippen molar-refractivity contribution < 1.29 is 9.53 Å². The van der Waals surface area contributed by atoms with E-state index in [9.17, 15) is 4.79 Å². The Hall–Kier alpha value is -3.77. The lowest BCUT2D eigenvalue weighted by Gasteiger charge is -2.14. The Labute approximate surface area is 191 Å². The fourth-order valence-corrected chi connectivity index (χ4v) is 3.61. The molecule has 4 rings (SSSR count). The van der Waals surface area contributed by atoms with Crippen molar-refractivity contribution in [3.63, 3.8) is 0 Å².